The molecule has 3 N–H and O–H groups in total. The van der Waals surface area contributed by atoms with Crippen LogP contribution in [0, 0.1) is 0 Å². The zero-order valence-electron chi connectivity index (χ0n) is 55.3. The number of nitrogens with one attached hydrogen (secondary N) is 1. The Kier molecular flexibility index (Phi) is 62.7. The maximum Gasteiger partial charge on any atom is 0.472 e. The van der Waals surface area contributed by atoms with E-state index in [1.165, 1.54) is 321 Å². The average molecular weight is 1160 g/mol. The van der Waals surface area contributed by atoms with Crippen LogP contribution in [-0.4, -0.2) is 73.4 Å². The second kappa shape index (κ2) is 63.5. The van der Waals surface area contributed by atoms with Gasteiger partial charge in [-0.3, -0.25) is 13.8 Å². The van der Waals surface area contributed by atoms with Crippen LogP contribution in [0.5, 0.6) is 0 Å². The standard InChI is InChI=1S/C72H143N2O6P/c1-6-8-10-12-14-16-18-20-22-24-26-28-30-31-32-33-34-35-36-37-38-39-40-41-42-43-44-46-48-50-52-54-56-58-60-62-64-66-72(76)73-70(69-80-81(77,78)79-68-67-74(3,4)5)71(75)65-63-61-59-57-55-53-51-49-47-45-29-27-25-23-21-19-17-15-13-11-9-7-2/h55,57,63,65,70-71,75H,6-54,56,58-62,64,66-69H2,1-5H3,(H-,73,76,77,78)/p+1/b57-55+,65-63+. The molecule has 0 spiro atoms. The molecule has 1 amide bonds. The Hall–Kier alpha value is -1.02. The van der Waals surface area contributed by atoms with Gasteiger partial charge in [-0.25, -0.2) is 4.57 Å². The minimum absolute atomic E-state index is 0.0591. The van der Waals surface area contributed by atoms with E-state index >= 15 is 0 Å². The first kappa shape index (κ1) is 80.0. The highest BCUT2D eigenvalue weighted by Crippen LogP contribution is 2.43. The summed E-state index contributed by atoms with van der Waals surface area (Å²) in [6, 6.07) is -0.862. The maximum atomic E-state index is 13.0. The van der Waals surface area contributed by atoms with Gasteiger partial charge in [-0.05, 0) is 32.1 Å². The molecule has 0 fully saturated rings. The predicted octanol–water partition coefficient (Wildman–Crippen LogP) is 23.1. The van der Waals surface area contributed by atoms with Crippen molar-refractivity contribution in [2.75, 3.05) is 40.9 Å². The summed E-state index contributed by atoms with van der Waals surface area (Å²) in [4.78, 5) is 23.4. The van der Waals surface area contributed by atoms with Gasteiger partial charge in [0.1, 0.15) is 13.2 Å². The Morgan fingerprint density at radius 1 is 0.407 bits per heavy atom. The molecule has 3 unspecified atom stereocenters. The van der Waals surface area contributed by atoms with Crippen molar-refractivity contribution in [3.63, 3.8) is 0 Å². The van der Waals surface area contributed by atoms with Crippen LogP contribution in [0.4, 0.5) is 0 Å². The predicted molar refractivity (Wildman–Crippen MR) is 355 cm³/mol. The van der Waals surface area contributed by atoms with Gasteiger partial charge in [0.05, 0.1) is 39.9 Å². The Morgan fingerprint density at radius 3 is 0.988 bits per heavy atom. The first-order valence-corrected chi connectivity index (χ1v) is 37.7. The molecule has 0 aromatic heterocycles. The van der Waals surface area contributed by atoms with Crippen LogP contribution in [0.2, 0.25) is 0 Å². The van der Waals surface area contributed by atoms with Crippen LogP contribution < -0.4 is 5.32 Å². The second-order valence-electron chi connectivity index (χ2n) is 26.3. The molecule has 0 rings (SSSR count). The Labute approximate surface area is 506 Å². The molecular weight excluding hydrogens is 1020 g/mol. The number of allylic oxidation sites excluding steroid dienone is 3. The van der Waals surface area contributed by atoms with Crippen LogP contribution in [0.1, 0.15) is 380 Å². The summed E-state index contributed by atoms with van der Waals surface area (Å²) < 4.78 is 23.8. The topological polar surface area (TPSA) is 105 Å². The Bertz CT molecular complexity index is 1370. The van der Waals surface area contributed by atoms with Crippen LogP contribution in [0.15, 0.2) is 24.3 Å². The molecule has 482 valence electrons. The Morgan fingerprint density at radius 2 is 0.679 bits per heavy atom. The number of hydrogen-bond donors (Lipinski definition) is 3. The fourth-order valence-electron chi connectivity index (χ4n) is 11.3. The van der Waals surface area contributed by atoms with Gasteiger partial charge in [-0.2, -0.15) is 0 Å². The largest absolute Gasteiger partial charge is 0.472 e. The lowest BCUT2D eigenvalue weighted by Crippen LogP contribution is -2.45. The number of nitrogens with zero attached hydrogens (tertiary/aromatic N) is 1. The van der Waals surface area contributed by atoms with Crippen molar-refractivity contribution in [3.05, 3.63) is 24.3 Å². The van der Waals surface area contributed by atoms with Crippen molar-refractivity contribution < 1.29 is 32.9 Å². The molecule has 0 saturated carbocycles. The summed E-state index contributed by atoms with van der Waals surface area (Å²) in [5.74, 6) is -0.178. The van der Waals surface area contributed by atoms with Gasteiger partial charge < -0.3 is 19.8 Å². The van der Waals surface area contributed by atoms with E-state index in [4.69, 9.17) is 9.05 Å². The molecule has 0 aromatic rings. The van der Waals surface area contributed by atoms with Crippen molar-refractivity contribution in [3.8, 4) is 0 Å². The van der Waals surface area contributed by atoms with Gasteiger partial charge in [-0.1, -0.05) is 366 Å². The minimum atomic E-state index is -4.36. The van der Waals surface area contributed by atoms with Crippen molar-refractivity contribution >= 4 is 13.7 Å². The summed E-state index contributed by atoms with van der Waals surface area (Å²) >= 11 is 0. The van der Waals surface area contributed by atoms with E-state index in [0.717, 1.165) is 38.5 Å². The summed E-state index contributed by atoms with van der Waals surface area (Å²) in [7, 11) is 1.57. The van der Waals surface area contributed by atoms with Gasteiger partial charge in [-0.15, -0.1) is 0 Å². The molecule has 0 aromatic carbocycles. The third kappa shape index (κ3) is 66.4. The monoisotopic (exact) mass is 1160 g/mol. The normalized spacial score (nSPS) is 13.7. The quantitative estimate of drug-likeness (QED) is 0.0243. The molecule has 3 atom stereocenters. The smallest absolute Gasteiger partial charge is 0.387 e. The van der Waals surface area contributed by atoms with E-state index in [-0.39, 0.29) is 19.1 Å². The van der Waals surface area contributed by atoms with E-state index in [1.807, 2.05) is 27.2 Å². The lowest BCUT2D eigenvalue weighted by molar-refractivity contribution is -0.870. The number of hydrogen-bond acceptors (Lipinski definition) is 5. The van der Waals surface area contributed by atoms with Gasteiger partial charge in [0.25, 0.3) is 0 Å². The molecule has 0 aliphatic heterocycles. The summed E-state index contributed by atoms with van der Waals surface area (Å²) in [6.07, 6.45) is 83.6. The highest BCUT2D eigenvalue weighted by atomic mass is 31.2. The van der Waals surface area contributed by atoms with Gasteiger partial charge in [0, 0.05) is 6.42 Å². The number of rotatable bonds is 68. The Balaban J connectivity index is 3.96. The number of amides is 1. The van der Waals surface area contributed by atoms with Crippen LogP contribution in [0.3, 0.4) is 0 Å². The van der Waals surface area contributed by atoms with E-state index in [9.17, 15) is 19.4 Å². The molecule has 81 heavy (non-hydrogen) atoms. The molecule has 0 aliphatic rings. The fourth-order valence-corrected chi connectivity index (χ4v) is 12.0. The molecule has 0 bridgehead atoms. The third-order valence-corrected chi connectivity index (χ3v) is 17.9. The van der Waals surface area contributed by atoms with Crippen LogP contribution >= 0.6 is 7.82 Å². The van der Waals surface area contributed by atoms with Gasteiger partial charge >= 0.3 is 7.82 Å². The molecule has 0 saturated heterocycles. The first-order valence-electron chi connectivity index (χ1n) is 36.2. The molecule has 0 aliphatic carbocycles. The van der Waals surface area contributed by atoms with Crippen LogP contribution in [0.25, 0.3) is 0 Å². The first-order chi connectivity index (χ1) is 39.5. The van der Waals surface area contributed by atoms with Crippen molar-refractivity contribution in [1.29, 1.82) is 0 Å². The van der Waals surface area contributed by atoms with E-state index < -0.39 is 20.0 Å². The minimum Gasteiger partial charge on any atom is -0.387 e. The van der Waals surface area contributed by atoms with Crippen LogP contribution in [-0.2, 0) is 18.4 Å². The maximum absolute atomic E-state index is 13.0. The van der Waals surface area contributed by atoms with Crippen molar-refractivity contribution in [1.82, 2.24) is 5.32 Å². The molecule has 0 radical (unpaired) electrons. The van der Waals surface area contributed by atoms with Gasteiger partial charge in [0.2, 0.25) is 5.91 Å². The highest BCUT2D eigenvalue weighted by Gasteiger charge is 2.28. The molecule has 0 heterocycles. The number of phosphoric acid groups is 1. The number of carbonyl (C=O) groups excluding carboxylic acids is 1. The number of aliphatic hydroxyl groups excluding tert-OH is 1. The highest BCUT2D eigenvalue weighted by molar-refractivity contribution is 7.47. The SMILES string of the molecule is CCCCCCCCCCCCCCCCCC/C=C/CC/C=C/C(O)C(COP(=O)(O)OCC[N+](C)(C)C)NC(=O)CCCCCCCCCCCCCCCCCCCCCCCCCCCCCCCCCCCCCCC. The summed E-state index contributed by atoms with van der Waals surface area (Å²) in [5, 5.41) is 14.0. The van der Waals surface area contributed by atoms with E-state index in [1.54, 1.807) is 6.08 Å². The lowest BCUT2D eigenvalue weighted by Gasteiger charge is -2.25. The van der Waals surface area contributed by atoms with Crippen molar-refractivity contribution in [2.24, 2.45) is 0 Å². The number of phosphoric ester groups is 1. The molecular formula is C72H144N2O6P+. The summed E-state index contributed by atoms with van der Waals surface area (Å²) in [6.45, 7) is 4.86. The van der Waals surface area contributed by atoms with Gasteiger partial charge in [0.15, 0.2) is 0 Å². The number of likely N-dealkylation sites (N-methyl/N-ethyl adjacent to an activating group) is 1. The third-order valence-electron chi connectivity index (χ3n) is 16.9. The summed E-state index contributed by atoms with van der Waals surface area (Å²) in [5.41, 5.74) is 0. The zero-order chi connectivity index (χ0) is 59.1. The van der Waals surface area contributed by atoms with Crippen molar-refractivity contribution in [2.45, 2.75) is 392 Å². The number of carbonyl (C=O) groups is 1. The zero-order valence-corrected chi connectivity index (χ0v) is 56.2. The second-order valence-corrected chi connectivity index (χ2v) is 27.8. The fraction of sp³-hybridized carbons (Fsp3) is 0.931. The number of aliphatic hydroxyl groups is 1. The molecule has 9 heteroatoms. The average Bonchev–Trinajstić information content (AvgIpc) is 3.43. The van der Waals surface area contributed by atoms with E-state index in [2.05, 4.69) is 31.3 Å². The molecule has 8 nitrogen and oxygen atoms in total. The number of quaternary nitrogens is 1. The number of unbranched alkanes of at least 4 members (excludes halogenated alkanes) is 53. The van der Waals surface area contributed by atoms with E-state index in [0.29, 0.717) is 17.4 Å². The lowest BCUT2D eigenvalue weighted by atomic mass is 10.0.